The van der Waals surface area contributed by atoms with Crippen LogP contribution >= 0.6 is 0 Å². The lowest BCUT2D eigenvalue weighted by Gasteiger charge is -2.08. The van der Waals surface area contributed by atoms with Gasteiger partial charge in [0.15, 0.2) is 0 Å². The number of carboxylic acids is 1. The normalized spacial score (nSPS) is 12.1. The molecule has 4 nitrogen and oxygen atoms in total. The Morgan fingerprint density at radius 1 is 1.60 bits per heavy atom. The zero-order valence-electron chi connectivity index (χ0n) is 8.11. The van der Waals surface area contributed by atoms with Crippen LogP contribution in [0.25, 0.3) is 0 Å². The number of nitrogens with one attached hydrogen (secondary N) is 1. The molecule has 0 spiro atoms. The molecule has 5 heteroatoms. The van der Waals surface area contributed by atoms with Crippen LogP contribution in [0, 0.1) is 5.82 Å². The van der Waals surface area contributed by atoms with Crippen molar-refractivity contribution in [3.05, 3.63) is 30.1 Å². The Hall–Kier alpha value is -1.62. The van der Waals surface area contributed by atoms with E-state index in [9.17, 15) is 9.18 Å². The van der Waals surface area contributed by atoms with E-state index in [0.29, 0.717) is 18.7 Å². The van der Waals surface area contributed by atoms with Crippen molar-refractivity contribution in [2.24, 2.45) is 5.73 Å². The van der Waals surface area contributed by atoms with Gasteiger partial charge in [-0.15, -0.1) is 0 Å². The van der Waals surface area contributed by atoms with Gasteiger partial charge in [0.05, 0.1) is 0 Å². The zero-order valence-corrected chi connectivity index (χ0v) is 8.11. The van der Waals surface area contributed by atoms with Gasteiger partial charge in [0.1, 0.15) is 11.9 Å². The van der Waals surface area contributed by atoms with E-state index in [4.69, 9.17) is 10.8 Å². The SMILES string of the molecule is NC(CCNc1cccc(F)c1)C(=O)O. The van der Waals surface area contributed by atoms with Crippen LogP contribution in [-0.2, 0) is 4.79 Å². The summed E-state index contributed by atoms with van der Waals surface area (Å²) in [6.45, 7) is 0.400. The molecule has 0 radical (unpaired) electrons. The molecule has 82 valence electrons. The summed E-state index contributed by atoms with van der Waals surface area (Å²) >= 11 is 0. The maximum absolute atomic E-state index is 12.7. The molecule has 0 aliphatic heterocycles. The highest BCUT2D eigenvalue weighted by Crippen LogP contribution is 2.08. The Labute approximate surface area is 86.9 Å². The van der Waals surface area contributed by atoms with E-state index in [1.165, 1.54) is 12.1 Å². The Bertz CT molecular complexity index is 344. The van der Waals surface area contributed by atoms with Crippen molar-refractivity contribution in [3.8, 4) is 0 Å². The topological polar surface area (TPSA) is 75.3 Å². The summed E-state index contributed by atoms with van der Waals surface area (Å²) < 4.78 is 12.7. The van der Waals surface area contributed by atoms with Crippen molar-refractivity contribution >= 4 is 11.7 Å². The van der Waals surface area contributed by atoms with Gasteiger partial charge in [-0.05, 0) is 24.6 Å². The quantitative estimate of drug-likeness (QED) is 0.681. The fourth-order valence-corrected chi connectivity index (χ4v) is 1.09. The summed E-state index contributed by atoms with van der Waals surface area (Å²) in [5.41, 5.74) is 5.92. The molecule has 1 aromatic carbocycles. The molecule has 0 saturated heterocycles. The van der Waals surface area contributed by atoms with Crippen LogP contribution in [-0.4, -0.2) is 23.7 Å². The fraction of sp³-hybridized carbons (Fsp3) is 0.300. The van der Waals surface area contributed by atoms with Gasteiger partial charge in [-0.3, -0.25) is 4.79 Å². The lowest BCUT2D eigenvalue weighted by Crippen LogP contribution is -2.32. The van der Waals surface area contributed by atoms with E-state index < -0.39 is 12.0 Å². The molecule has 0 aliphatic carbocycles. The van der Waals surface area contributed by atoms with E-state index in [0.717, 1.165) is 0 Å². The first-order chi connectivity index (χ1) is 7.09. The number of hydrogen-bond donors (Lipinski definition) is 3. The van der Waals surface area contributed by atoms with Crippen LogP contribution in [0.3, 0.4) is 0 Å². The molecule has 0 bridgehead atoms. The fourth-order valence-electron chi connectivity index (χ4n) is 1.09. The highest BCUT2D eigenvalue weighted by Gasteiger charge is 2.09. The van der Waals surface area contributed by atoms with E-state index in [2.05, 4.69) is 5.32 Å². The molecule has 1 atom stereocenters. The van der Waals surface area contributed by atoms with E-state index >= 15 is 0 Å². The minimum atomic E-state index is -1.03. The Kier molecular flexibility index (Phi) is 4.05. The highest BCUT2D eigenvalue weighted by atomic mass is 19.1. The van der Waals surface area contributed by atoms with Gasteiger partial charge >= 0.3 is 5.97 Å². The third kappa shape index (κ3) is 3.95. The second-order valence-electron chi connectivity index (χ2n) is 3.17. The molecule has 0 saturated carbocycles. The number of aliphatic carboxylic acids is 1. The number of halogens is 1. The summed E-state index contributed by atoms with van der Waals surface area (Å²) in [5.74, 6) is -1.36. The number of benzene rings is 1. The van der Waals surface area contributed by atoms with Crippen LogP contribution in [0.15, 0.2) is 24.3 Å². The second kappa shape index (κ2) is 5.31. The number of hydrogen-bond acceptors (Lipinski definition) is 3. The number of nitrogens with two attached hydrogens (primary N) is 1. The molecule has 0 fully saturated rings. The number of anilines is 1. The number of rotatable bonds is 5. The minimum Gasteiger partial charge on any atom is -0.480 e. The summed E-state index contributed by atoms with van der Waals surface area (Å²) in [7, 11) is 0. The second-order valence-corrected chi connectivity index (χ2v) is 3.17. The monoisotopic (exact) mass is 212 g/mol. The van der Waals surface area contributed by atoms with Gasteiger partial charge in [0, 0.05) is 12.2 Å². The van der Waals surface area contributed by atoms with Crippen LogP contribution < -0.4 is 11.1 Å². The molecule has 0 aromatic heterocycles. The molecule has 4 N–H and O–H groups in total. The molecular weight excluding hydrogens is 199 g/mol. The van der Waals surface area contributed by atoms with Gasteiger partial charge in [0.25, 0.3) is 0 Å². The third-order valence-corrected chi connectivity index (χ3v) is 1.93. The predicted octanol–water partition coefficient (Wildman–Crippen LogP) is 1.04. The lowest BCUT2D eigenvalue weighted by atomic mass is 10.2. The molecule has 15 heavy (non-hydrogen) atoms. The van der Waals surface area contributed by atoms with E-state index in [1.807, 2.05) is 0 Å². The molecule has 0 amide bonds. The lowest BCUT2D eigenvalue weighted by molar-refractivity contribution is -0.138. The van der Waals surface area contributed by atoms with Gasteiger partial charge in [-0.25, -0.2) is 4.39 Å². The maximum atomic E-state index is 12.7. The average Bonchev–Trinajstić information content (AvgIpc) is 2.17. The van der Waals surface area contributed by atoms with Crippen LogP contribution in [0.2, 0.25) is 0 Å². The number of carbonyl (C=O) groups is 1. The van der Waals surface area contributed by atoms with E-state index in [1.54, 1.807) is 12.1 Å². The van der Waals surface area contributed by atoms with Crippen LogP contribution in [0.1, 0.15) is 6.42 Å². The van der Waals surface area contributed by atoms with Crippen LogP contribution in [0.5, 0.6) is 0 Å². The first kappa shape index (κ1) is 11.5. The zero-order chi connectivity index (χ0) is 11.3. The smallest absolute Gasteiger partial charge is 0.320 e. The van der Waals surface area contributed by atoms with Gasteiger partial charge in [0.2, 0.25) is 0 Å². The Balaban J connectivity index is 2.35. The van der Waals surface area contributed by atoms with E-state index in [-0.39, 0.29) is 5.82 Å². The average molecular weight is 212 g/mol. The summed E-state index contributed by atoms with van der Waals surface area (Å²) in [4.78, 5) is 10.4. The van der Waals surface area contributed by atoms with Crippen molar-refractivity contribution in [3.63, 3.8) is 0 Å². The summed E-state index contributed by atoms with van der Waals surface area (Å²) in [6, 6.07) is 5.08. The highest BCUT2D eigenvalue weighted by molar-refractivity contribution is 5.73. The number of carboxylic acid groups (broad SMARTS) is 1. The van der Waals surface area contributed by atoms with Gasteiger partial charge in [-0.1, -0.05) is 6.07 Å². The third-order valence-electron chi connectivity index (χ3n) is 1.93. The van der Waals surface area contributed by atoms with Crippen molar-refractivity contribution in [1.29, 1.82) is 0 Å². The summed E-state index contributed by atoms with van der Waals surface area (Å²) in [5, 5.41) is 11.4. The standard InChI is InChI=1S/C10H13FN2O2/c11-7-2-1-3-8(6-7)13-5-4-9(12)10(14)15/h1-3,6,9,13H,4-5,12H2,(H,14,15). The largest absolute Gasteiger partial charge is 0.480 e. The van der Waals surface area contributed by atoms with Crippen molar-refractivity contribution in [1.82, 2.24) is 0 Å². The first-order valence-electron chi connectivity index (χ1n) is 4.57. The van der Waals surface area contributed by atoms with Gasteiger partial charge < -0.3 is 16.2 Å². The van der Waals surface area contributed by atoms with Gasteiger partial charge in [-0.2, -0.15) is 0 Å². The molecule has 1 unspecified atom stereocenters. The maximum Gasteiger partial charge on any atom is 0.320 e. The van der Waals surface area contributed by atoms with Crippen molar-refractivity contribution < 1.29 is 14.3 Å². The Morgan fingerprint density at radius 2 is 2.33 bits per heavy atom. The summed E-state index contributed by atoms with van der Waals surface area (Å²) in [6.07, 6.45) is 0.297. The molecule has 1 rings (SSSR count). The minimum absolute atomic E-state index is 0.297. The molecule has 1 aromatic rings. The first-order valence-corrected chi connectivity index (χ1v) is 4.57. The molecule has 0 aliphatic rings. The Morgan fingerprint density at radius 3 is 2.93 bits per heavy atom. The molecular formula is C10H13FN2O2. The predicted molar refractivity (Wildman–Crippen MR) is 55.1 cm³/mol. The van der Waals surface area contributed by atoms with Crippen molar-refractivity contribution in [2.45, 2.75) is 12.5 Å². The van der Waals surface area contributed by atoms with Crippen LogP contribution in [0.4, 0.5) is 10.1 Å². The van der Waals surface area contributed by atoms with Crippen molar-refractivity contribution in [2.75, 3.05) is 11.9 Å². The molecule has 0 heterocycles.